The normalized spacial score (nSPS) is 20.1. The van der Waals surface area contributed by atoms with Gasteiger partial charge in [-0.25, -0.2) is 0 Å². The molecule has 0 amide bonds. The molecule has 0 bridgehead atoms. The highest BCUT2D eigenvalue weighted by atomic mass is 16.1. The maximum atomic E-state index is 10.2. The number of hydrogen-bond donors (Lipinski definition) is 0. The molecule has 2 atom stereocenters. The van der Waals surface area contributed by atoms with Crippen LogP contribution in [0, 0.1) is 17.8 Å². The van der Waals surface area contributed by atoms with Crippen LogP contribution in [0.25, 0.3) is 0 Å². The fourth-order valence-corrected chi connectivity index (χ4v) is 1.48. The fraction of sp³-hybridized carbons (Fsp3) is 0.600. The molecular weight excluding hydrogens is 212 g/mol. The van der Waals surface area contributed by atoms with Gasteiger partial charge in [-0.3, -0.25) is 4.79 Å². The largest absolute Gasteiger partial charge is 0.303 e. The lowest BCUT2D eigenvalue weighted by atomic mass is 9.92. The van der Waals surface area contributed by atoms with E-state index in [9.17, 15) is 9.59 Å². The quantitative estimate of drug-likeness (QED) is 0.425. The second-order valence-electron chi connectivity index (χ2n) is 4.91. The van der Waals surface area contributed by atoms with Crippen molar-refractivity contribution in [2.24, 2.45) is 17.8 Å². The van der Waals surface area contributed by atoms with E-state index in [0.29, 0.717) is 23.3 Å². The second kappa shape index (κ2) is 8.91. The van der Waals surface area contributed by atoms with E-state index in [1.165, 1.54) is 0 Å². The first-order chi connectivity index (χ1) is 8.02. The first-order valence-electron chi connectivity index (χ1n) is 6.27. The van der Waals surface area contributed by atoms with Crippen LogP contribution < -0.4 is 0 Å². The first-order valence-corrected chi connectivity index (χ1v) is 6.27. The van der Waals surface area contributed by atoms with E-state index in [1.54, 1.807) is 0 Å². The number of carbonyl (C=O) groups is 2. The molecule has 0 aromatic rings. The molecule has 0 aliphatic heterocycles. The number of carbonyl (C=O) groups excluding carboxylic acids is 2. The Labute approximate surface area is 105 Å². The van der Waals surface area contributed by atoms with Crippen molar-refractivity contribution in [1.82, 2.24) is 0 Å². The van der Waals surface area contributed by atoms with Gasteiger partial charge >= 0.3 is 0 Å². The van der Waals surface area contributed by atoms with Crippen LogP contribution in [0.4, 0.5) is 0 Å². The second-order valence-corrected chi connectivity index (χ2v) is 4.91. The van der Waals surface area contributed by atoms with Gasteiger partial charge in [-0.15, -0.1) is 0 Å². The molecule has 0 N–H and O–H groups in total. The van der Waals surface area contributed by atoms with Crippen LogP contribution in [-0.4, -0.2) is 12.6 Å². The summed E-state index contributed by atoms with van der Waals surface area (Å²) < 4.78 is 0. The molecule has 0 radical (unpaired) electrons. The Bertz CT molecular complexity index is 277. The Morgan fingerprint density at radius 2 is 1.94 bits per heavy atom. The summed E-state index contributed by atoms with van der Waals surface area (Å²) in [6.45, 7) is 9.81. The van der Waals surface area contributed by atoms with Crippen molar-refractivity contribution >= 4 is 12.6 Å². The molecule has 1 aliphatic rings. The topological polar surface area (TPSA) is 34.1 Å². The third-order valence-corrected chi connectivity index (χ3v) is 3.24. The highest BCUT2D eigenvalue weighted by Crippen LogP contribution is 2.15. The third-order valence-electron chi connectivity index (χ3n) is 3.24. The van der Waals surface area contributed by atoms with Gasteiger partial charge in [-0.2, -0.15) is 0 Å². The lowest BCUT2D eigenvalue weighted by molar-refractivity contribution is -0.111. The van der Waals surface area contributed by atoms with Crippen molar-refractivity contribution in [3.8, 4) is 0 Å². The molecule has 2 nitrogen and oxygen atoms in total. The van der Waals surface area contributed by atoms with Crippen molar-refractivity contribution < 1.29 is 9.59 Å². The molecule has 0 saturated carbocycles. The predicted octanol–water partition coefficient (Wildman–Crippen LogP) is 3.58. The standard InChI is InChI=1S/C8H14O.C7H10O/c1-6(2)8(4)7(3)5-9;8-6-7-4-2-1-3-5-7/h5-6,8H,3H2,1-2,4H3;1-2,6-7H,3-5H2. The molecule has 0 aromatic carbocycles. The summed E-state index contributed by atoms with van der Waals surface area (Å²) in [6.07, 6.45) is 9.23. The Morgan fingerprint density at radius 3 is 2.18 bits per heavy atom. The highest BCUT2D eigenvalue weighted by molar-refractivity contribution is 5.72. The van der Waals surface area contributed by atoms with E-state index in [4.69, 9.17) is 0 Å². The number of rotatable bonds is 4. The van der Waals surface area contributed by atoms with Crippen molar-refractivity contribution in [3.63, 3.8) is 0 Å². The van der Waals surface area contributed by atoms with Gasteiger partial charge in [0.1, 0.15) is 12.6 Å². The summed E-state index contributed by atoms with van der Waals surface area (Å²) in [4.78, 5) is 20.3. The van der Waals surface area contributed by atoms with Gasteiger partial charge in [0, 0.05) is 5.92 Å². The minimum Gasteiger partial charge on any atom is -0.303 e. The molecule has 0 heterocycles. The monoisotopic (exact) mass is 236 g/mol. The van der Waals surface area contributed by atoms with E-state index in [-0.39, 0.29) is 0 Å². The Hall–Kier alpha value is -1.18. The SMILES string of the molecule is C=C(C=O)C(C)C(C)C.O=CC1CC=CCC1. The molecule has 2 heteroatoms. The molecule has 0 saturated heterocycles. The predicted molar refractivity (Wildman–Crippen MR) is 71.8 cm³/mol. The fourth-order valence-electron chi connectivity index (χ4n) is 1.48. The molecule has 0 aromatic heterocycles. The van der Waals surface area contributed by atoms with Gasteiger partial charge < -0.3 is 4.79 Å². The molecule has 17 heavy (non-hydrogen) atoms. The van der Waals surface area contributed by atoms with Crippen LogP contribution in [0.2, 0.25) is 0 Å². The molecular formula is C15H24O2. The Morgan fingerprint density at radius 1 is 1.29 bits per heavy atom. The number of allylic oxidation sites excluding steroid dienone is 3. The van der Waals surface area contributed by atoms with Crippen molar-refractivity contribution in [1.29, 1.82) is 0 Å². The van der Waals surface area contributed by atoms with Gasteiger partial charge in [-0.1, -0.05) is 39.5 Å². The van der Waals surface area contributed by atoms with Crippen LogP contribution in [0.15, 0.2) is 24.3 Å². The van der Waals surface area contributed by atoms with Gasteiger partial charge in [0.15, 0.2) is 0 Å². The molecule has 2 unspecified atom stereocenters. The summed E-state index contributed by atoms with van der Waals surface area (Å²) in [7, 11) is 0. The zero-order valence-corrected chi connectivity index (χ0v) is 11.2. The third kappa shape index (κ3) is 6.88. The Balaban J connectivity index is 0.000000302. The Kier molecular flexibility index (Phi) is 8.29. The summed E-state index contributed by atoms with van der Waals surface area (Å²) in [5.74, 6) is 1.16. The number of hydrogen-bond acceptors (Lipinski definition) is 2. The molecule has 1 rings (SSSR count). The van der Waals surface area contributed by atoms with Crippen LogP contribution in [-0.2, 0) is 9.59 Å². The van der Waals surface area contributed by atoms with E-state index in [0.717, 1.165) is 31.8 Å². The minimum absolute atomic E-state index is 0.319. The van der Waals surface area contributed by atoms with E-state index < -0.39 is 0 Å². The van der Waals surface area contributed by atoms with Gasteiger partial charge in [-0.05, 0) is 36.7 Å². The molecule has 0 spiro atoms. The van der Waals surface area contributed by atoms with E-state index in [1.807, 2.05) is 6.92 Å². The maximum absolute atomic E-state index is 10.2. The maximum Gasteiger partial charge on any atom is 0.145 e. The van der Waals surface area contributed by atoms with Crippen LogP contribution >= 0.6 is 0 Å². The van der Waals surface area contributed by atoms with E-state index >= 15 is 0 Å². The lowest BCUT2D eigenvalue weighted by Crippen LogP contribution is -2.06. The summed E-state index contributed by atoms with van der Waals surface area (Å²) in [6, 6.07) is 0. The summed E-state index contributed by atoms with van der Waals surface area (Å²) >= 11 is 0. The highest BCUT2D eigenvalue weighted by Gasteiger charge is 2.08. The molecule has 1 aliphatic carbocycles. The zero-order valence-electron chi connectivity index (χ0n) is 11.2. The van der Waals surface area contributed by atoms with Gasteiger partial charge in [0.05, 0.1) is 0 Å². The molecule has 0 fully saturated rings. The smallest absolute Gasteiger partial charge is 0.145 e. The van der Waals surface area contributed by atoms with Gasteiger partial charge in [0.2, 0.25) is 0 Å². The lowest BCUT2D eigenvalue weighted by Gasteiger charge is -2.12. The van der Waals surface area contributed by atoms with Crippen molar-refractivity contribution in [2.75, 3.05) is 0 Å². The average Bonchev–Trinajstić information content (AvgIpc) is 2.38. The van der Waals surface area contributed by atoms with Gasteiger partial charge in [0.25, 0.3) is 0 Å². The van der Waals surface area contributed by atoms with Crippen LogP contribution in [0.5, 0.6) is 0 Å². The molecule has 96 valence electrons. The zero-order chi connectivity index (χ0) is 13.3. The van der Waals surface area contributed by atoms with Crippen molar-refractivity contribution in [3.05, 3.63) is 24.3 Å². The minimum atomic E-state index is 0.319. The van der Waals surface area contributed by atoms with Crippen LogP contribution in [0.3, 0.4) is 0 Å². The summed E-state index contributed by atoms with van der Waals surface area (Å²) in [5, 5.41) is 0. The van der Waals surface area contributed by atoms with E-state index in [2.05, 4.69) is 32.6 Å². The van der Waals surface area contributed by atoms with Crippen molar-refractivity contribution in [2.45, 2.75) is 40.0 Å². The first kappa shape index (κ1) is 15.8. The average molecular weight is 236 g/mol. The number of aldehydes is 2. The summed E-state index contributed by atoms with van der Waals surface area (Å²) in [5.41, 5.74) is 0.699. The van der Waals surface area contributed by atoms with Crippen LogP contribution in [0.1, 0.15) is 40.0 Å².